The molecule has 5 aromatic carbocycles. The molecule has 0 bridgehead atoms. The fourth-order valence-electron chi connectivity index (χ4n) is 8.27. The fraction of sp³-hybridized carbons (Fsp3) is 0.280. The van der Waals surface area contributed by atoms with Crippen LogP contribution in [0.1, 0.15) is 64.5 Å². The Morgan fingerprint density at radius 3 is 1.81 bits per heavy atom. The number of allylic oxidation sites excluding steroid dienone is 2. The number of hydrogen-bond acceptors (Lipinski definition) is 5. The van der Waals surface area contributed by atoms with E-state index in [2.05, 4.69) is 153 Å². The van der Waals surface area contributed by atoms with Gasteiger partial charge in [-0.15, -0.1) is 34.9 Å². The summed E-state index contributed by atoms with van der Waals surface area (Å²) in [4.78, 5) is 21.4. The van der Waals surface area contributed by atoms with E-state index in [1.165, 1.54) is 56.1 Å². The Morgan fingerprint density at radius 2 is 1.28 bits per heavy atom. The number of aryl methyl sites for hydroxylation is 2. The molecule has 0 aliphatic carbocycles. The zero-order chi connectivity index (χ0) is 39.9. The van der Waals surface area contributed by atoms with Gasteiger partial charge in [0.15, 0.2) is 5.78 Å². The molecule has 2 heterocycles. The predicted molar refractivity (Wildman–Crippen MR) is 239 cm³/mol. The quantitative estimate of drug-likeness (QED) is 0.0607. The Balaban J connectivity index is 0.000000333. The zero-order valence-corrected chi connectivity index (χ0v) is 37.0. The summed E-state index contributed by atoms with van der Waals surface area (Å²) in [6.45, 7) is 12.3. The third kappa shape index (κ3) is 9.27. The first kappa shape index (κ1) is 43.2. The SMILES string of the molecule is CCC(CC)C(=O)/C=C(\O)C(CC)CC.Cc1[c-]c(-c2nccc3cc4c(cc23)N(C)B(c2c(-c3ccccc3)cccc2-c2ccccc2)N4C)cc(C)c1.[Ir]. The molecular formula is C50H55BIrN3O2-. The second-order valence-electron chi connectivity index (χ2n) is 15.1. The van der Waals surface area contributed by atoms with Gasteiger partial charge in [-0.25, -0.2) is 0 Å². The van der Waals surface area contributed by atoms with Crippen LogP contribution in [0.15, 0.2) is 127 Å². The second kappa shape index (κ2) is 19.5. The molecule has 0 amide bonds. The van der Waals surface area contributed by atoms with Crippen molar-refractivity contribution in [2.45, 2.75) is 67.2 Å². The summed E-state index contributed by atoms with van der Waals surface area (Å²) in [7, 11) is 4.43. The molecule has 0 fully saturated rings. The van der Waals surface area contributed by atoms with Crippen molar-refractivity contribution in [2.75, 3.05) is 23.7 Å². The van der Waals surface area contributed by atoms with Crippen LogP contribution in [0.3, 0.4) is 0 Å². The molecule has 0 saturated heterocycles. The van der Waals surface area contributed by atoms with Crippen LogP contribution in [-0.4, -0.2) is 37.0 Å². The van der Waals surface area contributed by atoms with Crippen molar-refractivity contribution in [1.82, 2.24) is 4.98 Å². The Hall–Kier alpha value is -4.97. The third-order valence-electron chi connectivity index (χ3n) is 11.4. The summed E-state index contributed by atoms with van der Waals surface area (Å²) in [5.74, 6) is 0.547. The van der Waals surface area contributed by atoms with Crippen molar-refractivity contribution < 1.29 is 30.0 Å². The molecule has 1 N–H and O–H groups in total. The minimum atomic E-state index is 0. The van der Waals surface area contributed by atoms with E-state index in [0.717, 1.165) is 47.9 Å². The number of carbonyl (C=O) groups is 1. The molecule has 5 nitrogen and oxygen atoms in total. The Kier molecular flexibility index (Phi) is 14.7. The summed E-state index contributed by atoms with van der Waals surface area (Å²) in [5.41, 5.74) is 13.0. The van der Waals surface area contributed by atoms with Gasteiger partial charge in [0.25, 0.3) is 0 Å². The van der Waals surface area contributed by atoms with E-state index in [0.29, 0.717) is 0 Å². The molecule has 1 aromatic heterocycles. The van der Waals surface area contributed by atoms with Gasteiger partial charge in [0, 0.05) is 55.6 Å². The number of anilines is 2. The van der Waals surface area contributed by atoms with E-state index in [-0.39, 0.29) is 50.5 Å². The first-order valence-electron chi connectivity index (χ1n) is 20.2. The molecule has 0 saturated carbocycles. The molecule has 295 valence electrons. The zero-order valence-electron chi connectivity index (χ0n) is 34.6. The van der Waals surface area contributed by atoms with Crippen molar-refractivity contribution in [3.63, 3.8) is 0 Å². The third-order valence-corrected chi connectivity index (χ3v) is 11.4. The number of pyridine rings is 1. The number of aliphatic hydroxyl groups excluding tert-OH is 1. The normalized spacial score (nSPS) is 12.5. The molecule has 6 aromatic rings. The molecular weight excluding hydrogens is 878 g/mol. The summed E-state index contributed by atoms with van der Waals surface area (Å²) in [6, 6.07) is 42.8. The summed E-state index contributed by atoms with van der Waals surface area (Å²) in [6.07, 6.45) is 6.83. The average molecular weight is 933 g/mol. The van der Waals surface area contributed by atoms with Gasteiger partial charge in [-0.2, -0.15) is 0 Å². The van der Waals surface area contributed by atoms with Crippen LogP contribution in [-0.2, 0) is 24.9 Å². The monoisotopic (exact) mass is 933 g/mol. The van der Waals surface area contributed by atoms with Crippen LogP contribution in [0.5, 0.6) is 0 Å². The van der Waals surface area contributed by atoms with Crippen LogP contribution < -0.4 is 15.1 Å². The van der Waals surface area contributed by atoms with Crippen molar-refractivity contribution >= 4 is 40.4 Å². The van der Waals surface area contributed by atoms with Crippen molar-refractivity contribution in [3.05, 3.63) is 144 Å². The Morgan fingerprint density at radius 1 is 0.737 bits per heavy atom. The van der Waals surface area contributed by atoms with Crippen LogP contribution in [0, 0.1) is 31.7 Å². The van der Waals surface area contributed by atoms with Gasteiger partial charge in [-0.05, 0) is 102 Å². The summed E-state index contributed by atoms with van der Waals surface area (Å²) in [5, 5.41) is 12.1. The smallest absolute Gasteiger partial charge is 0.412 e. The molecule has 1 aliphatic rings. The van der Waals surface area contributed by atoms with Crippen LogP contribution in [0.4, 0.5) is 11.4 Å². The maximum atomic E-state index is 11.7. The Labute approximate surface area is 354 Å². The van der Waals surface area contributed by atoms with Gasteiger partial charge in [0.2, 0.25) is 0 Å². The van der Waals surface area contributed by atoms with E-state index in [1.807, 2.05) is 33.9 Å². The van der Waals surface area contributed by atoms with Gasteiger partial charge in [0.1, 0.15) is 0 Å². The first-order chi connectivity index (χ1) is 27.1. The van der Waals surface area contributed by atoms with Crippen molar-refractivity contribution in [3.8, 4) is 33.5 Å². The molecule has 57 heavy (non-hydrogen) atoms. The molecule has 7 rings (SSSR count). The van der Waals surface area contributed by atoms with Crippen LogP contribution in [0.25, 0.3) is 44.3 Å². The van der Waals surface area contributed by atoms with E-state index in [9.17, 15) is 9.90 Å². The standard InChI is InChI=1S/C37H31BN3.C13H24O2.Ir/c1-25-20-26(2)22-30(21-25)37-33-24-35-34(23-29(33)18-19-39-37)40(3)38(41(35)4)36-31(27-12-7-5-8-13-27)16-11-17-32(36)28-14-9-6-10-15-28;1-5-10(6-2)12(14)9-13(15)11(7-3)8-4;/h5-21,23-24H,1-4H3;9-11,14H,5-8H2,1-4H3;/q-1;;/b;12-9-;. The molecule has 7 heteroatoms. The van der Waals surface area contributed by atoms with Gasteiger partial charge >= 0.3 is 6.98 Å². The molecule has 0 unspecified atom stereocenters. The summed E-state index contributed by atoms with van der Waals surface area (Å²) >= 11 is 0. The van der Waals surface area contributed by atoms with E-state index < -0.39 is 0 Å². The fourth-order valence-corrected chi connectivity index (χ4v) is 8.27. The topological polar surface area (TPSA) is 56.7 Å². The second-order valence-corrected chi connectivity index (χ2v) is 15.1. The maximum absolute atomic E-state index is 11.7. The van der Waals surface area contributed by atoms with Gasteiger partial charge in [0.05, 0.1) is 5.76 Å². The minimum absolute atomic E-state index is 0. The van der Waals surface area contributed by atoms with Crippen LogP contribution in [0.2, 0.25) is 0 Å². The molecule has 1 aliphatic heterocycles. The number of fused-ring (bicyclic) bond motifs is 2. The van der Waals surface area contributed by atoms with Gasteiger partial charge in [-0.3, -0.25) is 4.79 Å². The number of hydrogen-bond donors (Lipinski definition) is 1. The van der Waals surface area contributed by atoms with E-state index >= 15 is 0 Å². The summed E-state index contributed by atoms with van der Waals surface area (Å²) < 4.78 is 0. The average Bonchev–Trinajstić information content (AvgIpc) is 3.45. The number of benzene rings is 5. The molecule has 1 radical (unpaired) electrons. The number of rotatable bonds is 11. The van der Waals surface area contributed by atoms with Gasteiger partial charge < -0.3 is 19.7 Å². The molecule has 0 atom stereocenters. The van der Waals surface area contributed by atoms with Crippen molar-refractivity contribution in [2.24, 2.45) is 11.8 Å². The number of aromatic nitrogens is 1. The Bertz CT molecular complexity index is 2240. The number of carbonyl (C=O) groups excluding carboxylic acids is 1. The van der Waals surface area contributed by atoms with Gasteiger partial charge in [-0.1, -0.05) is 120 Å². The van der Waals surface area contributed by atoms with E-state index in [1.54, 1.807) is 0 Å². The predicted octanol–water partition coefficient (Wildman–Crippen LogP) is 11.8. The van der Waals surface area contributed by atoms with Crippen LogP contribution >= 0.6 is 0 Å². The first-order valence-corrected chi connectivity index (χ1v) is 20.2. The van der Waals surface area contributed by atoms with E-state index in [4.69, 9.17) is 4.98 Å². The number of aliphatic hydroxyl groups is 1. The minimum Gasteiger partial charge on any atom is -0.512 e. The number of nitrogens with zero attached hydrogens (tertiary/aromatic N) is 3. The number of ketones is 1. The molecule has 0 spiro atoms. The maximum Gasteiger partial charge on any atom is 0.412 e. The van der Waals surface area contributed by atoms with Crippen molar-refractivity contribution in [1.29, 1.82) is 0 Å². The largest absolute Gasteiger partial charge is 0.512 e.